The minimum absolute atomic E-state index is 0.140. The van der Waals surface area contributed by atoms with E-state index < -0.39 is 0 Å². The average molecular weight is 300 g/mol. The average Bonchev–Trinajstić information content (AvgIpc) is 2.87. The van der Waals surface area contributed by atoms with Crippen molar-refractivity contribution in [1.82, 2.24) is 14.5 Å². The number of hydrogen-bond acceptors (Lipinski definition) is 2. The lowest BCUT2D eigenvalue weighted by molar-refractivity contribution is 0.614. The van der Waals surface area contributed by atoms with Gasteiger partial charge in [-0.2, -0.15) is 0 Å². The van der Waals surface area contributed by atoms with E-state index in [0.29, 0.717) is 0 Å². The van der Waals surface area contributed by atoms with Crippen molar-refractivity contribution in [3.8, 4) is 0 Å². The number of imidazole rings is 1. The summed E-state index contributed by atoms with van der Waals surface area (Å²) in [5.74, 6) is 0.860. The van der Waals surface area contributed by atoms with E-state index in [1.54, 1.807) is 6.20 Å². The second-order valence-corrected chi connectivity index (χ2v) is 6.04. The molecule has 0 aliphatic carbocycles. The van der Waals surface area contributed by atoms with Gasteiger partial charge in [0.2, 0.25) is 0 Å². The van der Waals surface area contributed by atoms with Crippen molar-refractivity contribution in [3.05, 3.63) is 59.5 Å². The number of alkyl halides is 1. The van der Waals surface area contributed by atoms with Gasteiger partial charge in [-0.05, 0) is 38.5 Å². The largest absolute Gasteiger partial charge is 0.304 e. The van der Waals surface area contributed by atoms with Crippen LogP contribution in [0, 0.1) is 6.92 Å². The molecule has 2 unspecified atom stereocenters. The first-order valence-electron chi connectivity index (χ1n) is 7.11. The monoisotopic (exact) mass is 299 g/mol. The minimum Gasteiger partial charge on any atom is -0.304 e. The van der Waals surface area contributed by atoms with Gasteiger partial charge in [-0.1, -0.05) is 29.8 Å². The van der Waals surface area contributed by atoms with Gasteiger partial charge in [-0.3, -0.25) is 0 Å². The number of aromatic nitrogens is 3. The van der Waals surface area contributed by atoms with Crippen molar-refractivity contribution in [3.63, 3.8) is 0 Å². The summed E-state index contributed by atoms with van der Waals surface area (Å²) in [4.78, 5) is 9.13. The SMILES string of the molecule is Cc1ccc(C(C)n2c(C(C)Cl)nc3cccnc32)cc1. The van der Waals surface area contributed by atoms with Gasteiger partial charge in [-0.15, -0.1) is 11.6 Å². The van der Waals surface area contributed by atoms with Crippen molar-refractivity contribution in [2.24, 2.45) is 0 Å². The van der Waals surface area contributed by atoms with Crippen molar-refractivity contribution in [1.29, 1.82) is 0 Å². The third-order valence-corrected chi connectivity index (χ3v) is 3.97. The Kier molecular flexibility index (Phi) is 3.68. The van der Waals surface area contributed by atoms with Crippen molar-refractivity contribution >= 4 is 22.8 Å². The topological polar surface area (TPSA) is 30.7 Å². The predicted octanol–water partition coefficient (Wildman–Crippen LogP) is 4.65. The molecule has 0 aliphatic heterocycles. The molecule has 0 saturated heterocycles. The zero-order valence-electron chi connectivity index (χ0n) is 12.4. The fraction of sp³-hybridized carbons (Fsp3) is 0.294. The second-order valence-electron chi connectivity index (χ2n) is 5.39. The lowest BCUT2D eigenvalue weighted by Crippen LogP contribution is -2.11. The number of halogens is 1. The summed E-state index contributed by atoms with van der Waals surface area (Å²) in [5.41, 5.74) is 4.25. The zero-order chi connectivity index (χ0) is 15.0. The summed E-state index contributed by atoms with van der Waals surface area (Å²) in [7, 11) is 0. The fourth-order valence-corrected chi connectivity index (χ4v) is 2.76. The van der Waals surface area contributed by atoms with Gasteiger partial charge in [0.1, 0.15) is 11.3 Å². The zero-order valence-corrected chi connectivity index (χ0v) is 13.2. The number of pyridine rings is 1. The highest BCUT2D eigenvalue weighted by Gasteiger charge is 2.20. The lowest BCUT2D eigenvalue weighted by atomic mass is 10.1. The summed E-state index contributed by atoms with van der Waals surface area (Å²) in [5, 5.41) is -0.160. The molecule has 2 atom stereocenters. The van der Waals surface area contributed by atoms with Gasteiger partial charge in [0.05, 0.1) is 11.4 Å². The number of nitrogens with zero attached hydrogens (tertiary/aromatic N) is 3. The highest BCUT2D eigenvalue weighted by molar-refractivity contribution is 6.20. The van der Waals surface area contributed by atoms with Crippen LogP contribution in [0.15, 0.2) is 42.6 Å². The Hall–Kier alpha value is -1.87. The van der Waals surface area contributed by atoms with Crippen LogP contribution in [0.5, 0.6) is 0 Å². The van der Waals surface area contributed by atoms with Crippen LogP contribution in [0.25, 0.3) is 11.2 Å². The van der Waals surface area contributed by atoms with Crippen LogP contribution >= 0.6 is 11.6 Å². The van der Waals surface area contributed by atoms with Crippen LogP contribution in [0.1, 0.15) is 42.2 Å². The quantitative estimate of drug-likeness (QED) is 0.659. The molecule has 0 amide bonds. The first-order valence-corrected chi connectivity index (χ1v) is 7.55. The number of fused-ring (bicyclic) bond motifs is 1. The van der Waals surface area contributed by atoms with E-state index in [1.165, 1.54) is 11.1 Å². The number of aryl methyl sites for hydroxylation is 1. The molecule has 3 rings (SSSR count). The molecule has 108 valence electrons. The first kappa shape index (κ1) is 14.1. The molecule has 3 nitrogen and oxygen atoms in total. The molecular weight excluding hydrogens is 282 g/mol. The summed E-state index contributed by atoms with van der Waals surface area (Å²) in [6.07, 6.45) is 1.80. The van der Waals surface area contributed by atoms with Crippen LogP contribution in [0.4, 0.5) is 0 Å². The molecule has 2 heterocycles. The maximum atomic E-state index is 6.33. The summed E-state index contributed by atoms with van der Waals surface area (Å²) in [6.45, 7) is 6.19. The van der Waals surface area contributed by atoms with Crippen LogP contribution in [0.3, 0.4) is 0 Å². The van der Waals surface area contributed by atoms with E-state index in [4.69, 9.17) is 11.6 Å². The normalized spacial score (nSPS) is 14.3. The van der Waals surface area contributed by atoms with Gasteiger partial charge in [-0.25, -0.2) is 9.97 Å². The van der Waals surface area contributed by atoms with Crippen LogP contribution in [0.2, 0.25) is 0 Å². The van der Waals surface area contributed by atoms with Crippen molar-refractivity contribution in [2.45, 2.75) is 32.2 Å². The van der Waals surface area contributed by atoms with Gasteiger partial charge < -0.3 is 4.57 Å². The van der Waals surface area contributed by atoms with Gasteiger partial charge in [0.25, 0.3) is 0 Å². The molecule has 0 radical (unpaired) electrons. The lowest BCUT2D eigenvalue weighted by Gasteiger charge is -2.18. The minimum atomic E-state index is -0.160. The van der Waals surface area contributed by atoms with Crippen LogP contribution in [-0.2, 0) is 0 Å². The molecule has 0 aliphatic rings. The maximum absolute atomic E-state index is 6.33. The van der Waals surface area contributed by atoms with E-state index in [-0.39, 0.29) is 11.4 Å². The number of hydrogen-bond donors (Lipinski definition) is 0. The summed E-state index contributed by atoms with van der Waals surface area (Å²) >= 11 is 6.33. The summed E-state index contributed by atoms with van der Waals surface area (Å²) in [6, 6.07) is 12.6. The van der Waals surface area contributed by atoms with Gasteiger partial charge in [0.15, 0.2) is 5.65 Å². The van der Waals surface area contributed by atoms with Crippen molar-refractivity contribution < 1.29 is 0 Å². The van der Waals surface area contributed by atoms with Crippen LogP contribution in [-0.4, -0.2) is 14.5 Å². The molecule has 0 saturated carbocycles. The molecule has 4 heteroatoms. The molecule has 21 heavy (non-hydrogen) atoms. The second kappa shape index (κ2) is 5.49. The highest BCUT2D eigenvalue weighted by atomic mass is 35.5. The highest BCUT2D eigenvalue weighted by Crippen LogP contribution is 2.30. The summed E-state index contributed by atoms with van der Waals surface area (Å²) < 4.78 is 2.14. The molecule has 0 spiro atoms. The third-order valence-electron chi connectivity index (χ3n) is 3.78. The maximum Gasteiger partial charge on any atom is 0.160 e. The van der Waals surface area contributed by atoms with E-state index in [2.05, 4.69) is 52.6 Å². The molecule has 1 aromatic carbocycles. The molecule has 0 N–H and O–H groups in total. The Morgan fingerprint density at radius 3 is 2.48 bits per heavy atom. The Bertz CT molecular complexity index is 759. The molecular formula is C17H18ClN3. The fourth-order valence-electron chi connectivity index (χ4n) is 2.60. The third kappa shape index (κ3) is 2.54. The van der Waals surface area contributed by atoms with Crippen LogP contribution < -0.4 is 0 Å². The molecule has 0 fully saturated rings. The van der Waals surface area contributed by atoms with E-state index >= 15 is 0 Å². The van der Waals surface area contributed by atoms with Gasteiger partial charge in [0, 0.05) is 6.20 Å². The van der Waals surface area contributed by atoms with Gasteiger partial charge >= 0.3 is 0 Å². The van der Waals surface area contributed by atoms with E-state index in [1.807, 2.05) is 19.1 Å². The van der Waals surface area contributed by atoms with E-state index in [9.17, 15) is 0 Å². The molecule has 2 aromatic heterocycles. The van der Waals surface area contributed by atoms with Crippen molar-refractivity contribution in [2.75, 3.05) is 0 Å². The number of rotatable bonds is 3. The Labute approximate surface area is 129 Å². The number of benzene rings is 1. The standard InChI is InChI=1S/C17H18ClN3/c1-11-6-8-14(9-7-11)13(3)21-16(12(2)18)20-15-5-4-10-19-17(15)21/h4-10,12-13H,1-3H3. The molecule has 0 bridgehead atoms. The van der Waals surface area contributed by atoms with E-state index in [0.717, 1.165) is 17.0 Å². The Morgan fingerprint density at radius 2 is 1.81 bits per heavy atom. The Balaban J connectivity index is 2.17. The predicted molar refractivity (Wildman–Crippen MR) is 86.8 cm³/mol. The first-order chi connectivity index (χ1) is 10.1. The Morgan fingerprint density at radius 1 is 1.10 bits per heavy atom. The smallest absolute Gasteiger partial charge is 0.160 e. The molecule has 3 aromatic rings.